The Morgan fingerprint density at radius 3 is 2.14 bits per heavy atom. The van der Waals surface area contributed by atoms with Crippen LogP contribution in [0.4, 0.5) is 0 Å². The lowest BCUT2D eigenvalue weighted by Crippen LogP contribution is -2.53. The van der Waals surface area contributed by atoms with Gasteiger partial charge in [-0.3, -0.25) is 4.79 Å². The number of nitrogens with one attached hydrogen (secondary N) is 1. The van der Waals surface area contributed by atoms with E-state index in [4.69, 9.17) is 4.74 Å². The molecule has 0 saturated carbocycles. The first-order chi connectivity index (χ1) is 17.0. The molecule has 9 heteroatoms. The molecular weight excluding hydrogens is 480 g/mol. The highest BCUT2D eigenvalue weighted by atomic mass is 32.2. The molecule has 0 aliphatic heterocycles. The van der Waals surface area contributed by atoms with Gasteiger partial charge >= 0.3 is 0 Å². The predicted octanol–water partition coefficient (Wildman–Crippen LogP) is 2.84. The number of methoxy groups -OCH3 is 1. The first kappa shape index (κ1) is 29.8. The molecule has 2 aromatic rings. The van der Waals surface area contributed by atoms with Gasteiger partial charge in [0.1, 0.15) is 11.9 Å². The van der Waals surface area contributed by atoms with Gasteiger partial charge in [0.05, 0.1) is 24.2 Å². The number of sulfonamides is 1. The Morgan fingerprint density at radius 1 is 1.00 bits per heavy atom. The summed E-state index contributed by atoms with van der Waals surface area (Å²) in [6, 6.07) is 14.6. The minimum absolute atomic E-state index is 0.0511. The summed E-state index contributed by atoms with van der Waals surface area (Å²) in [6.45, 7) is 7.37. The smallest absolute Gasteiger partial charge is 0.249 e. The molecule has 0 bridgehead atoms. The fraction of sp³-hybridized carbons (Fsp3) is 0.519. The van der Waals surface area contributed by atoms with Crippen molar-refractivity contribution in [1.29, 1.82) is 0 Å². The van der Waals surface area contributed by atoms with Crippen molar-refractivity contribution in [3.63, 3.8) is 0 Å². The molecule has 0 unspecified atom stereocenters. The predicted molar refractivity (Wildman–Crippen MR) is 140 cm³/mol. The molecule has 0 saturated heterocycles. The molecule has 0 fully saturated rings. The third kappa shape index (κ3) is 8.30. The number of aliphatic hydroxyl groups is 2. The second kappa shape index (κ2) is 13.7. The maximum absolute atomic E-state index is 13.6. The van der Waals surface area contributed by atoms with Crippen LogP contribution in [-0.2, 0) is 21.2 Å². The zero-order valence-corrected chi connectivity index (χ0v) is 22.6. The number of amides is 1. The van der Waals surface area contributed by atoms with Crippen LogP contribution in [-0.4, -0.2) is 67.3 Å². The Morgan fingerprint density at radius 2 is 1.61 bits per heavy atom. The van der Waals surface area contributed by atoms with E-state index in [2.05, 4.69) is 5.32 Å². The molecule has 2 aromatic carbocycles. The summed E-state index contributed by atoms with van der Waals surface area (Å²) in [5, 5.41) is 24.2. The van der Waals surface area contributed by atoms with Crippen LogP contribution in [0.5, 0.6) is 5.75 Å². The van der Waals surface area contributed by atoms with Crippen LogP contribution in [0.15, 0.2) is 59.5 Å². The number of nitrogens with zero attached hydrogens (tertiary/aromatic N) is 1. The highest BCUT2D eigenvalue weighted by Crippen LogP contribution is 2.22. The van der Waals surface area contributed by atoms with E-state index in [1.165, 1.54) is 23.5 Å². The minimum Gasteiger partial charge on any atom is -0.497 e. The minimum atomic E-state index is -3.94. The third-order valence-corrected chi connectivity index (χ3v) is 8.14. The monoisotopic (exact) mass is 520 g/mol. The third-order valence-electron chi connectivity index (χ3n) is 6.29. The Labute approximate surface area is 215 Å². The van der Waals surface area contributed by atoms with E-state index in [1.54, 1.807) is 26.0 Å². The summed E-state index contributed by atoms with van der Waals surface area (Å²) >= 11 is 0. The Bertz CT molecular complexity index is 1040. The zero-order valence-electron chi connectivity index (χ0n) is 21.8. The summed E-state index contributed by atoms with van der Waals surface area (Å²) in [7, 11) is -2.43. The lowest BCUT2D eigenvalue weighted by Gasteiger charge is -2.31. The largest absolute Gasteiger partial charge is 0.497 e. The first-order valence-corrected chi connectivity index (χ1v) is 13.8. The van der Waals surface area contributed by atoms with Gasteiger partial charge in [-0.1, -0.05) is 64.4 Å². The molecule has 2 rings (SSSR count). The van der Waals surface area contributed by atoms with Crippen molar-refractivity contribution in [2.45, 2.75) is 63.7 Å². The van der Waals surface area contributed by atoms with Gasteiger partial charge in [-0.05, 0) is 48.1 Å². The van der Waals surface area contributed by atoms with E-state index in [1.807, 2.05) is 44.2 Å². The van der Waals surface area contributed by atoms with Crippen LogP contribution in [0.1, 0.15) is 39.7 Å². The number of carbonyl (C=O) groups excluding carboxylic acids is 1. The maximum atomic E-state index is 13.6. The fourth-order valence-corrected chi connectivity index (χ4v) is 5.28. The highest BCUT2D eigenvalue weighted by Gasteiger charge is 2.32. The average Bonchev–Trinajstić information content (AvgIpc) is 2.87. The van der Waals surface area contributed by atoms with E-state index >= 15 is 0 Å². The SMILES string of the molecule is CC[C@@H](C)CN(C[C@@H](O)[C@H](Cc1ccccc1)NC(=O)[C@@H](O)C(C)C)S(=O)(=O)c1ccc(OC)cc1. The quantitative estimate of drug-likeness (QED) is 0.353. The number of hydrogen-bond acceptors (Lipinski definition) is 6. The van der Waals surface area contributed by atoms with Gasteiger partial charge in [0.25, 0.3) is 0 Å². The van der Waals surface area contributed by atoms with Crippen molar-refractivity contribution in [3.8, 4) is 5.75 Å². The number of aliphatic hydroxyl groups excluding tert-OH is 2. The molecular formula is C27H40N2O6S. The average molecular weight is 521 g/mol. The topological polar surface area (TPSA) is 116 Å². The van der Waals surface area contributed by atoms with Gasteiger partial charge in [-0.15, -0.1) is 0 Å². The van der Waals surface area contributed by atoms with Crippen LogP contribution in [0.2, 0.25) is 0 Å². The van der Waals surface area contributed by atoms with Crippen LogP contribution in [0.25, 0.3) is 0 Å². The van der Waals surface area contributed by atoms with E-state index < -0.39 is 34.2 Å². The Kier molecular flexibility index (Phi) is 11.4. The van der Waals surface area contributed by atoms with Crippen LogP contribution in [0, 0.1) is 11.8 Å². The van der Waals surface area contributed by atoms with E-state index in [0.717, 1.165) is 12.0 Å². The lowest BCUT2D eigenvalue weighted by molar-refractivity contribution is -0.133. The van der Waals surface area contributed by atoms with Crippen LogP contribution < -0.4 is 10.1 Å². The van der Waals surface area contributed by atoms with Crippen molar-refractivity contribution in [2.75, 3.05) is 20.2 Å². The van der Waals surface area contributed by atoms with E-state index in [0.29, 0.717) is 5.75 Å². The number of hydrogen-bond donors (Lipinski definition) is 3. The second-order valence-electron chi connectivity index (χ2n) is 9.57. The van der Waals surface area contributed by atoms with Gasteiger partial charge < -0.3 is 20.3 Å². The molecule has 0 radical (unpaired) electrons. The van der Waals surface area contributed by atoms with Crippen molar-refractivity contribution in [1.82, 2.24) is 9.62 Å². The molecule has 0 aliphatic carbocycles. The maximum Gasteiger partial charge on any atom is 0.249 e. The van der Waals surface area contributed by atoms with Crippen LogP contribution >= 0.6 is 0 Å². The van der Waals surface area contributed by atoms with Crippen molar-refractivity contribution >= 4 is 15.9 Å². The second-order valence-corrected chi connectivity index (χ2v) is 11.5. The number of ether oxygens (including phenoxy) is 1. The van der Waals surface area contributed by atoms with Gasteiger partial charge in [-0.25, -0.2) is 8.42 Å². The molecule has 200 valence electrons. The number of benzene rings is 2. The van der Waals surface area contributed by atoms with Gasteiger partial charge in [0, 0.05) is 13.1 Å². The summed E-state index contributed by atoms with van der Waals surface area (Å²) in [5.41, 5.74) is 0.868. The van der Waals surface area contributed by atoms with E-state index in [-0.39, 0.29) is 36.2 Å². The van der Waals surface area contributed by atoms with Crippen molar-refractivity contribution in [2.24, 2.45) is 11.8 Å². The normalized spacial score (nSPS) is 15.4. The molecule has 0 heterocycles. The zero-order chi connectivity index (χ0) is 26.9. The van der Waals surface area contributed by atoms with Crippen LogP contribution in [0.3, 0.4) is 0 Å². The molecule has 8 nitrogen and oxygen atoms in total. The fourth-order valence-electron chi connectivity index (χ4n) is 3.70. The first-order valence-electron chi connectivity index (χ1n) is 12.3. The van der Waals surface area contributed by atoms with Gasteiger partial charge in [-0.2, -0.15) is 4.31 Å². The molecule has 0 aliphatic rings. The molecule has 36 heavy (non-hydrogen) atoms. The number of rotatable bonds is 14. The summed E-state index contributed by atoms with van der Waals surface area (Å²) in [5.74, 6) is -0.319. The standard InChI is InChI=1S/C27H40N2O6S/c1-6-20(4)17-29(36(33,34)23-14-12-22(35-5)13-15-23)18-25(30)24(16-21-10-8-7-9-11-21)28-27(32)26(31)19(2)3/h7-15,19-20,24-26,30-31H,6,16-18H2,1-5H3,(H,28,32)/t20-,24+,25-,26+/m1/s1. The summed E-state index contributed by atoms with van der Waals surface area (Å²) < 4.78 is 33.5. The van der Waals surface area contributed by atoms with Gasteiger partial charge in [0.15, 0.2) is 0 Å². The molecule has 1 amide bonds. The molecule has 4 atom stereocenters. The van der Waals surface area contributed by atoms with Gasteiger partial charge in [0.2, 0.25) is 15.9 Å². The lowest BCUT2D eigenvalue weighted by atomic mass is 9.99. The van der Waals surface area contributed by atoms with Crippen molar-refractivity contribution in [3.05, 3.63) is 60.2 Å². The Balaban J connectivity index is 2.35. The molecule has 3 N–H and O–H groups in total. The summed E-state index contributed by atoms with van der Waals surface area (Å²) in [6.07, 6.45) is -1.42. The van der Waals surface area contributed by atoms with Crippen molar-refractivity contribution < 1.29 is 28.2 Å². The molecule has 0 aromatic heterocycles. The molecule has 0 spiro atoms. The Hall–Kier alpha value is -2.46. The number of carbonyl (C=O) groups is 1. The van der Waals surface area contributed by atoms with E-state index in [9.17, 15) is 23.4 Å². The summed E-state index contributed by atoms with van der Waals surface area (Å²) in [4.78, 5) is 12.8. The highest BCUT2D eigenvalue weighted by molar-refractivity contribution is 7.89.